The molecule has 0 aliphatic rings. The summed E-state index contributed by atoms with van der Waals surface area (Å²) in [6.07, 6.45) is 1.51. The van der Waals surface area contributed by atoms with Gasteiger partial charge in [0, 0.05) is 23.1 Å². The molecular weight excluding hydrogens is 316 g/mol. The lowest BCUT2D eigenvalue weighted by Crippen LogP contribution is -2.20. The first-order chi connectivity index (χ1) is 12.2. The minimum absolute atomic E-state index is 0.0375. The second-order valence-electron chi connectivity index (χ2n) is 5.40. The van der Waals surface area contributed by atoms with Crippen molar-refractivity contribution in [3.63, 3.8) is 0 Å². The monoisotopic (exact) mass is 334 g/mol. The predicted molar refractivity (Wildman–Crippen MR) is 97.1 cm³/mol. The minimum Gasteiger partial charge on any atom is -0.484 e. The summed E-state index contributed by atoms with van der Waals surface area (Å²) in [7, 11) is 0. The van der Waals surface area contributed by atoms with Gasteiger partial charge in [0.1, 0.15) is 17.9 Å². The van der Waals surface area contributed by atoms with Gasteiger partial charge in [-0.25, -0.2) is 9.97 Å². The molecule has 3 aromatic rings. The van der Waals surface area contributed by atoms with Crippen molar-refractivity contribution in [3.05, 3.63) is 72.7 Å². The largest absolute Gasteiger partial charge is 0.484 e. The van der Waals surface area contributed by atoms with Gasteiger partial charge in [0.2, 0.25) is 0 Å². The number of aromatic nitrogens is 2. The molecule has 0 aliphatic heterocycles. The van der Waals surface area contributed by atoms with Crippen molar-refractivity contribution < 1.29 is 9.53 Å². The van der Waals surface area contributed by atoms with Gasteiger partial charge in [-0.15, -0.1) is 0 Å². The molecule has 126 valence electrons. The zero-order valence-electron chi connectivity index (χ0n) is 13.8. The van der Waals surface area contributed by atoms with Crippen LogP contribution in [0.5, 0.6) is 5.75 Å². The fourth-order valence-corrected chi connectivity index (χ4v) is 2.17. The van der Waals surface area contributed by atoms with E-state index in [1.807, 2.05) is 67.6 Å². The molecule has 0 spiro atoms. The van der Waals surface area contributed by atoms with E-state index in [2.05, 4.69) is 20.6 Å². The standard InChI is InChI=1S/C19H18N4O2/c1-14-11-18(21-13-20-14)22-15-7-9-16(10-8-15)23-19(24)12-25-17-5-3-2-4-6-17/h2-11,13H,12H2,1H3,(H,23,24)(H,20,21,22). The Bertz CT molecular complexity index is 836. The Hall–Kier alpha value is -3.41. The Balaban J connectivity index is 1.52. The molecule has 6 nitrogen and oxygen atoms in total. The highest BCUT2D eigenvalue weighted by molar-refractivity contribution is 5.92. The van der Waals surface area contributed by atoms with Crippen molar-refractivity contribution in [1.29, 1.82) is 0 Å². The van der Waals surface area contributed by atoms with E-state index in [0.717, 1.165) is 17.2 Å². The molecule has 2 N–H and O–H groups in total. The van der Waals surface area contributed by atoms with Crippen molar-refractivity contribution >= 4 is 23.1 Å². The van der Waals surface area contributed by atoms with Crippen molar-refractivity contribution in [3.8, 4) is 5.75 Å². The molecule has 0 bridgehead atoms. The van der Waals surface area contributed by atoms with Crippen LogP contribution in [0.2, 0.25) is 0 Å². The molecular formula is C19H18N4O2. The number of hydrogen-bond donors (Lipinski definition) is 2. The maximum atomic E-state index is 11.9. The van der Waals surface area contributed by atoms with Gasteiger partial charge < -0.3 is 15.4 Å². The van der Waals surface area contributed by atoms with Crippen molar-refractivity contribution in [2.45, 2.75) is 6.92 Å². The molecule has 0 saturated carbocycles. The van der Waals surface area contributed by atoms with E-state index in [-0.39, 0.29) is 12.5 Å². The quantitative estimate of drug-likeness (QED) is 0.721. The fraction of sp³-hybridized carbons (Fsp3) is 0.105. The van der Waals surface area contributed by atoms with Crippen LogP contribution in [-0.2, 0) is 4.79 Å². The number of aryl methyl sites for hydroxylation is 1. The summed E-state index contributed by atoms with van der Waals surface area (Å²) >= 11 is 0. The van der Waals surface area contributed by atoms with E-state index >= 15 is 0 Å². The zero-order valence-corrected chi connectivity index (χ0v) is 13.8. The molecule has 1 heterocycles. The molecule has 25 heavy (non-hydrogen) atoms. The molecule has 0 fully saturated rings. The van der Waals surface area contributed by atoms with Crippen LogP contribution in [0.4, 0.5) is 17.2 Å². The van der Waals surface area contributed by atoms with Gasteiger partial charge in [-0.2, -0.15) is 0 Å². The molecule has 2 aromatic carbocycles. The number of carbonyl (C=O) groups is 1. The molecule has 1 aromatic heterocycles. The Kier molecular flexibility index (Phi) is 5.21. The van der Waals surface area contributed by atoms with Crippen molar-refractivity contribution in [1.82, 2.24) is 9.97 Å². The van der Waals surface area contributed by atoms with Crippen LogP contribution in [0, 0.1) is 6.92 Å². The first kappa shape index (κ1) is 16.4. The second kappa shape index (κ2) is 7.92. The topological polar surface area (TPSA) is 76.1 Å². The Labute approximate surface area is 145 Å². The maximum absolute atomic E-state index is 11.9. The molecule has 0 atom stereocenters. The van der Waals surface area contributed by atoms with Crippen LogP contribution in [-0.4, -0.2) is 22.5 Å². The molecule has 0 unspecified atom stereocenters. The summed E-state index contributed by atoms with van der Waals surface area (Å²) in [6, 6.07) is 18.5. The molecule has 0 saturated heterocycles. The van der Waals surface area contributed by atoms with Gasteiger partial charge in [-0.3, -0.25) is 4.79 Å². The predicted octanol–water partition coefficient (Wildman–Crippen LogP) is 3.55. The SMILES string of the molecule is Cc1cc(Nc2ccc(NC(=O)COc3ccccc3)cc2)ncn1. The van der Waals surface area contributed by atoms with Crippen molar-refractivity contribution in [2.24, 2.45) is 0 Å². The van der Waals surface area contributed by atoms with Gasteiger partial charge in [-0.1, -0.05) is 18.2 Å². The van der Waals surface area contributed by atoms with Gasteiger partial charge in [0.15, 0.2) is 6.61 Å². The molecule has 3 rings (SSSR count). The van der Waals surface area contributed by atoms with Gasteiger partial charge >= 0.3 is 0 Å². The van der Waals surface area contributed by atoms with E-state index < -0.39 is 0 Å². The molecule has 0 aliphatic carbocycles. The van der Waals surface area contributed by atoms with E-state index in [1.165, 1.54) is 6.33 Å². The summed E-state index contributed by atoms with van der Waals surface area (Å²) in [5.74, 6) is 1.17. The highest BCUT2D eigenvalue weighted by Crippen LogP contribution is 2.17. The van der Waals surface area contributed by atoms with Crippen LogP contribution in [0.25, 0.3) is 0 Å². The summed E-state index contributed by atoms with van der Waals surface area (Å²) in [4.78, 5) is 20.1. The maximum Gasteiger partial charge on any atom is 0.262 e. The highest BCUT2D eigenvalue weighted by atomic mass is 16.5. The third-order valence-electron chi connectivity index (χ3n) is 3.36. The average Bonchev–Trinajstić information content (AvgIpc) is 2.63. The lowest BCUT2D eigenvalue weighted by Gasteiger charge is -2.09. The zero-order chi connectivity index (χ0) is 17.5. The number of carbonyl (C=O) groups excluding carboxylic acids is 1. The number of ether oxygens (including phenoxy) is 1. The number of hydrogen-bond acceptors (Lipinski definition) is 5. The normalized spacial score (nSPS) is 10.1. The molecule has 1 amide bonds. The Morgan fingerprint density at radius 3 is 2.44 bits per heavy atom. The van der Waals surface area contributed by atoms with Crippen LogP contribution in [0.3, 0.4) is 0 Å². The van der Waals surface area contributed by atoms with Crippen LogP contribution < -0.4 is 15.4 Å². The minimum atomic E-state index is -0.212. The van der Waals surface area contributed by atoms with E-state index in [1.54, 1.807) is 0 Å². The first-order valence-electron chi connectivity index (χ1n) is 7.82. The van der Waals surface area contributed by atoms with E-state index in [9.17, 15) is 4.79 Å². The smallest absolute Gasteiger partial charge is 0.262 e. The highest BCUT2D eigenvalue weighted by Gasteiger charge is 2.04. The van der Waals surface area contributed by atoms with Gasteiger partial charge in [0.25, 0.3) is 5.91 Å². The molecule has 0 radical (unpaired) electrons. The number of para-hydroxylation sites is 1. The Morgan fingerprint density at radius 1 is 1.00 bits per heavy atom. The summed E-state index contributed by atoms with van der Waals surface area (Å²) in [5.41, 5.74) is 2.46. The lowest BCUT2D eigenvalue weighted by atomic mass is 10.2. The van der Waals surface area contributed by atoms with Gasteiger partial charge in [-0.05, 0) is 43.3 Å². The number of benzene rings is 2. The number of rotatable bonds is 6. The Morgan fingerprint density at radius 2 is 1.72 bits per heavy atom. The van der Waals surface area contributed by atoms with E-state index in [4.69, 9.17) is 4.74 Å². The third-order valence-corrected chi connectivity index (χ3v) is 3.36. The summed E-state index contributed by atoms with van der Waals surface area (Å²) in [6.45, 7) is 1.87. The molecule has 6 heteroatoms. The first-order valence-corrected chi connectivity index (χ1v) is 7.82. The van der Waals surface area contributed by atoms with Crippen molar-refractivity contribution in [2.75, 3.05) is 17.2 Å². The average molecular weight is 334 g/mol. The summed E-state index contributed by atoms with van der Waals surface area (Å²) in [5, 5.41) is 5.98. The van der Waals surface area contributed by atoms with E-state index in [0.29, 0.717) is 11.4 Å². The van der Waals surface area contributed by atoms with Crippen LogP contribution in [0.15, 0.2) is 67.0 Å². The number of amides is 1. The number of anilines is 3. The number of nitrogens with zero attached hydrogens (tertiary/aromatic N) is 2. The lowest BCUT2D eigenvalue weighted by molar-refractivity contribution is -0.118. The summed E-state index contributed by atoms with van der Waals surface area (Å²) < 4.78 is 5.42. The number of nitrogens with one attached hydrogen (secondary N) is 2. The second-order valence-corrected chi connectivity index (χ2v) is 5.40. The fourth-order valence-electron chi connectivity index (χ4n) is 2.17. The van der Waals surface area contributed by atoms with Crippen LogP contribution >= 0.6 is 0 Å². The third kappa shape index (κ3) is 5.04. The van der Waals surface area contributed by atoms with Crippen LogP contribution in [0.1, 0.15) is 5.69 Å². The van der Waals surface area contributed by atoms with Gasteiger partial charge in [0.05, 0.1) is 0 Å².